The third-order valence-corrected chi connectivity index (χ3v) is 5.97. The van der Waals surface area contributed by atoms with E-state index in [4.69, 9.17) is 4.74 Å². The third-order valence-electron chi connectivity index (χ3n) is 5.97. The predicted octanol–water partition coefficient (Wildman–Crippen LogP) is 5.55. The number of nitrogens with one attached hydrogen (secondary N) is 2. The molecule has 1 aliphatic heterocycles. The zero-order valence-electron chi connectivity index (χ0n) is 21.6. The molecule has 186 valence electrons. The van der Waals surface area contributed by atoms with Crippen LogP contribution in [0.2, 0.25) is 0 Å². The van der Waals surface area contributed by atoms with Crippen LogP contribution in [0.15, 0.2) is 59.8 Å². The molecule has 1 aliphatic rings. The number of benzene rings is 2. The molecule has 7 heteroatoms. The van der Waals surface area contributed by atoms with Crippen LogP contribution in [-0.2, 0) is 14.9 Å². The summed E-state index contributed by atoms with van der Waals surface area (Å²) in [5, 5.41) is 5.84. The Balaban J connectivity index is 1.90. The van der Waals surface area contributed by atoms with E-state index in [9.17, 15) is 14.4 Å². The van der Waals surface area contributed by atoms with Crippen LogP contribution < -0.4 is 10.6 Å². The van der Waals surface area contributed by atoms with E-state index < -0.39 is 12.0 Å². The van der Waals surface area contributed by atoms with E-state index in [1.165, 1.54) is 4.90 Å². The van der Waals surface area contributed by atoms with Gasteiger partial charge in [0.2, 0.25) is 0 Å². The fraction of sp³-hybridized carbons (Fsp3) is 0.393. The van der Waals surface area contributed by atoms with Gasteiger partial charge in [-0.2, -0.15) is 0 Å². The molecule has 0 saturated heterocycles. The molecule has 1 unspecified atom stereocenters. The predicted molar refractivity (Wildman–Crippen MR) is 137 cm³/mol. The first-order valence-electron chi connectivity index (χ1n) is 11.9. The highest BCUT2D eigenvalue weighted by Crippen LogP contribution is 2.32. The molecule has 3 rings (SSSR count). The standard InChI is InChI=1S/C28H35N3O4/c1-8-31-18(4)23(26(33)35-17(2)3)24(30-27(31)34)20-10-9-11-22(16-20)29-25(32)19-12-14-21(15-13-19)28(5,6)7/h9-17,24H,8H2,1-7H3,(H,29,32)(H,30,34). The first-order chi connectivity index (χ1) is 16.4. The molecule has 2 aromatic carbocycles. The quantitative estimate of drug-likeness (QED) is 0.534. The molecule has 0 aromatic heterocycles. The van der Waals surface area contributed by atoms with Gasteiger partial charge in [0.15, 0.2) is 0 Å². The number of urea groups is 1. The van der Waals surface area contributed by atoms with Crippen LogP contribution in [0, 0.1) is 0 Å². The zero-order chi connectivity index (χ0) is 25.9. The lowest BCUT2D eigenvalue weighted by Crippen LogP contribution is -2.48. The normalized spacial score (nSPS) is 16.3. The van der Waals surface area contributed by atoms with Crippen molar-refractivity contribution in [2.24, 2.45) is 0 Å². The average Bonchev–Trinajstić information content (AvgIpc) is 2.78. The molecule has 35 heavy (non-hydrogen) atoms. The number of rotatable bonds is 6. The Hall–Kier alpha value is -3.61. The van der Waals surface area contributed by atoms with Gasteiger partial charge in [0.25, 0.3) is 5.91 Å². The Bertz CT molecular complexity index is 1140. The fourth-order valence-corrected chi connectivity index (χ4v) is 4.07. The Morgan fingerprint density at radius 1 is 1.11 bits per heavy atom. The van der Waals surface area contributed by atoms with Gasteiger partial charge in [0.05, 0.1) is 17.7 Å². The van der Waals surface area contributed by atoms with E-state index in [-0.39, 0.29) is 23.5 Å². The number of carbonyl (C=O) groups excluding carboxylic acids is 3. The molecule has 3 amide bonds. The summed E-state index contributed by atoms with van der Waals surface area (Å²) in [6.07, 6.45) is -0.300. The van der Waals surface area contributed by atoms with Gasteiger partial charge in [-0.1, -0.05) is 45.0 Å². The summed E-state index contributed by atoms with van der Waals surface area (Å²) in [5.41, 5.74) is 3.86. The van der Waals surface area contributed by atoms with Crippen molar-refractivity contribution in [3.63, 3.8) is 0 Å². The largest absolute Gasteiger partial charge is 0.459 e. The van der Waals surface area contributed by atoms with Crippen molar-refractivity contribution in [2.75, 3.05) is 11.9 Å². The lowest BCUT2D eigenvalue weighted by Gasteiger charge is -2.35. The minimum Gasteiger partial charge on any atom is -0.459 e. The van der Waals surface area contributed by atoms with Gasteiger partial charge >= 0.3 is 12.0 Å². The highest BCUT2D eigenvalue weighted by atomic mass is 16.5. The van der Waals surface area contributed by atoms with Crippen molar-refractivity contribution in [2.45, 2.75) is 66.0 Å². The Morgan fingerprint density at radius 2 is 1.77 bits per heavy atom. The van der Waals surface area contributed by atoms with Gasteiger partial charge in [0, 0.05) is 23.5 Å². The molecule has 2 N–H and O–H groups in total. The topological polar surface area (TPSA) is 87.7 Å². The molecule has 1 heterocycles. The van der Waals surface area contributed by atoms with Crippen LogP contribution in [0.25, 0.3) is 0 Å². The lowest BCUT2D eigenvalue weighted by atomic mass is 9.86. The van der Waals surface area contributed by atoms with Crippen molar-refractivity contribution in [3.8, 4) is 0 Å². The molecule has 0 spiro atoms. The molecular formula is C28H35N3O4. The second-order valence-electron chi connectivity index (χ2n) is 9.99. The lowest BCUT2D eigenvalue weighted by molar-refractivity contribution is -0.143. The van der Waals surface area contributed by atoms with Crippen LogP contribution in [0.4, 0.5) is 10.5 Å². The van der Waals surface area contributed by atoms with E-state index in [1.807, 2.05) is 37.3 Å². The maximum atomic E-state index is 13.0. The first-order valence-corrected chi connectivity index (χ1v) is 11.9. The van der Waals surface area contributed by atoms with Gasteiger partial charge in [0.1, 0.15) is 0 Å². The molecule has 1 atom stereocenters. The van der Waals surface area contributed by atoms with Crippen molar-refractivity contribution in [3.05, 3.63) is 76.5 Å². The van der Waals surface area contributed by atoms with E-state index in [0.717, 1.165) is 5.56 Å². The van der Waals surface area contributed by atoms with E-state index >= 15 is 0 Å². The summed E-state index contributed by atoms with van der Waals surface area (Å²) in [6.45, 7) is 14.0. The Labute approximate surface area is 207 Å². The fourth-order valence-electron chi connectivity index (χ4n) is 4.07. The maximum Gasteiger partial charge on any atom is 0.338 e. The van der Waals surface area contributed by atoms with Gasteiger partial charge in [-0.15, -0.1) is 0 Å². The van der Waals surface area contributed by atoms with Crippen LogP contribution in [0.3, 0.4) is 0 Å². The Morgan fingerprint density at radius 3 is 2.34 bits per heavy atom. The number of carbonyl (C=O) groups is 3. The van der Waals surface area contributed by atoms with Crippen molar-refractivity contribution < 1.29 is 19.1 Å². The van der Waals surface area contributed by atoms with Crippen LogP contribution in [-0.4, -0.2) is 35.5 Å². The highest BCUT2D eigenvalue weighted by Gasteiger charge is 2.36. The van der Waals surface area contributed by atoms with Gasteiger partial charge in [-0.3, -0.25) is 9.69 Å². The van der Waals surface area contributed by atoms with Crippen molar-refractivity contribution >= 4 is 23.6 Å². The number of allylic oxidation sites excluding steroid dienone is 1. The second kappa shape index (κ2) is 10.3. The van der Waals surface area contributed by atoms with Crippen molar-refractivity contribution in [1.82, 2.24) is 10.2 Å². The molecule has 0 radical (unpaired) electrons. The Kier molecular flexibility index (Phi) is 7.68. The SMILES string of the molecule is CCN1C(=O)NC(c2cccc(NC(=O)c3ccc(C(C)(C)C)cc3)c2)C(C(=O)OC(C)C)=C1C. The minimum absolute atomic E-state index is 0.00119. The average molecular weight is 478 g/mol. The minimum atomic E-state index is -0.695. The summed E-state index contributed by atoms with van der Waals surface area (Å²) in [4.78, 5) is 40.1. The van der Waals surface area contributed by atoms with E-state index in [1.54, 1.807) is 39.0 Å². The number of anilines is 1. The summed E-state index contributed by atoms with van der Waals surface area (Å²) < 4.78 is 5.48. The van der Waals surface area contributed by atoms with Gasteiger partial charge in [-0.05, 0) is 68.5 Å². The molecule has 0 bridgehead atoms. The van der Waals surface area contributed by atoms with Crippen molar-refractivity contribution in [1.29, 1.82) is 0 Å². The summed E-state index contributed by atoms with van der Waals surface area (Å²) in [5.74, 6) is -0.715. The smallest absolute Gasteiger partial charge is 0.338 e. The molecule has 2 aromatic rings. The molecule has 0 saturated carbocycles. The summed E-state index contributed by atoms with van der Waals surface area (Å²) in [6, 6.07) is 13.7. The molecule has 7 nitrogen and oxygen atoms in total. The van der Waals surface area contributed by atoms with Crippen LogP contribution in [0.5, 0.6) is 0 Å². The maximum absolute atomic E-state index is 13.0. The van der Waals surface area contributed by atoms with Gasteiger partial charge < -0.3 is 15.4 Å². The highest BCUT2D eigenvalue weighted by molar-refractivity contribution is 6.04. The van der Waals surface area contributed by atoms with E-state index in [2.05, 4.69) is 31.4 Å². The number of nitrogens with zero attached hydrogens (tertiary/aromatic N) is 1. The number of amides is 3. The zero-order valence-corrected chi connectivity index (χ0v) is 21.6. The van der Waals surface area contributed by atoms with Crippen LogP contribution in [0.1, 0.15) is 76.0 Å². The summed E-state index contributed by atoms with van der Waals surface area (Å²) >= 11 is 0. The second-order valence-corrected chi connectivity index (χ2v) is 9.99. The first kappa shape index (κ1) is 26.0. The summed E-state index contributed by atoms with van der Waals surface area (Å²) in [7, 11) is 0. The van der Waals surface area contributed by atoms with Crippen LogP contribution >= 0.6 is 0 Å². The monoisotopic (exact) mass is 477 g/mol. The number of ether oxygens (including phenoxy) is 1. The molecule has 0 aliphatic carbocycles. The number of hydrogen-bond donors (Lipinski definition) is 2. The number of hydrogen-bond acceptors (Lipinski definition) is 4. The van der Waals surface area contributed by atoms with E-state index in [0.29, 0.717) is 34.6 Å². The molecule has 0 fully saturated rings. The van der Waals surface area contributed by atoms with Gasteiger partial charge in [-0.25, -0.2) is 9.59 Å². The number of esters is 1. The molecular weight excluding hydrogens is 442 g/mol. The third kappa shape index (κ3) is 5.91.